The quantitative estimate of drug-likeness (QED) is 0.667. The van der Waals surface area contributed by atoms with Crippen LogP contribution in [-0.4, -0.2) is 57.0 Å². The van der Waals surface area contributed by atoms with E-state index in [9.17, 15) is 9.90 Å². The SMILES string of the molecule is CC(=O)N1CCc2c(c(N3CCCc4cc(-c5ccc(O)nc5)ccc43)nn2C2COC2)C1. The van der Waals surface area contributed by atoms with Crippen LogP contribution < -0.4 is 4.90 Å². The first-order valence-electron chi connectivity index (χ1n) is 11.6. The van der Waals surface area contributed by atoms with Crippen molar-refractivity contribution in [2.75, 3.05) is 31.2 Å². The molecule has 0 bridgehead atoms. The predicted octanol–water partition coefficient (Wildman–Crippen LogP) is 3.21. The molecule has 0 saturated carbocycles. The van der Waals surface area contributed by atoms with Crippen LogP contribution in [0.25, 0.3) is 11.1 Å². The van der Waals surface area contributed by atoms with E-state index in [4.69, 9.17) is 9.84 Å². The normalized spacial score (nSPS) is 18.0. The van der Waals surface area contributed by atoms with Crippen molar-refractivity contribution in [3.8, 4) is 17.0 Å². The highest BCUT2D eigenvalue weighted by Crippen LogP contribution is 2.40. The monoisotopic (exact) mass is 445 g/mol. The van der Waals surface area contributed by atoms with Crippen LogP contribution in [0.15, 0.2) is 36.5 Å². The van der Waals surface area contributed by atoms with Crippen molar-refractivity contribution < 1.29 is 14.6 Å². The number of aromatic hydroxyl groups is 1. The maximum atomic E-state index is 12.1. The Morgan fingerprint density at radius 3 is 2.70 bits per heavy atom. The lowest BCUT2D eigenvalue weighted by Crippen LogP contribution is -2.37. The number of ether oxygens (including phenoxy) is 1. The molecular weight excluding hydrogens is 418 g/mol. The number of fused-ring (bicyclic) bond motifs is 2. The summed E-state index contributed by atoms with van der Waals surface area (Å²) in [6.45, 7) is 5.29. The number of rotatable bonds is 3. The molecule has 1 saturated heterocycles. The van der Waals surface area contributed by atoms with Crippen molar-refractivity contribution in [3.05, 3.63) is 53.3 Å². The molecule has 170 valence electrons. The molecule has 1 amide bonds. The molecule has 3 aromatic rings. The highest BCUT2D eigenvalue weighted by Gasteiger charge is 2.34. The minimum absolute atomic E-state index is 0.0275. The van der Waals surface area contributed by atoms with Crippen molar-refractivity contribution in [3.63, 3.8) is 0 Å². The number of aryl methyl sites for hydroxylation is 1. The standard InChI is InChI=1S/C25H27N5O3/c1-16(31)28-10-8-23-21(13-28)25(27-30(23)20-14-33-15-20)29-9-2-3-18-11-17(4-6-22(18)29)19-5-7-24(32)26-12-19/h4-7,11-12,20H,2-3,8-10,13-15H2,1H3,(H,26,32). The number of aromatic nitrogens is 3. The van der Waals surface area contributed by atoms with Gasteiger partial charge in [0.15, 0.2) is 5.82 Å². The Kier molecular flexibility index (Phi) is 4.83. The topological polar surface area (TPSA) is 83.7 Å². The highest BCUT2D eigenvalue weighted by atomic mass is 16.5. The van der Waals surface area contributed by atoms with E-state index in [0.717, 1.165) is 49.3 Å². The van der Waals surface area contributed by atoms with Crippen LogP contribution >= 0.6 is 0 Å². The Bertz CT molecular complexity index is 1220. The van der Waals surface area contributed by atoms with Gasteiger partial charge in [-0.2, -0.15) is 5.10 Å². The summed E-state index contributed by atoms with van der Waals surface area (Å²) < 4.78 is 7.62. The van der Waals surface area contributed by atoms with Crippen molar-refractivity contribution in [1.82, 2.24) is 19.7 Å². The average molecular weight is 446 g/mol. The van der Waals surface area contributed by atoms with Crippen LogP contribution in [-0.2, 0) is 28.9 Å². The largest absolute Gasteiger partial charge is 0.493 e. The molecule has 2 aromatic heterocycles. The first-order valence-corrected chi connectivity index (χ1v) is 11.6. The Labute approximate surface area is 192 Å². The zero-order valence-corrected chi connectivity index (χ0v) is 18.7. The molecule has 0 radical (unpaired) electrons. The summed E-state index contributed by atoms with van der Waals surface area (Å²) in [7, 11) is 0. The minimum atomic E-state index is 0.0275. The molecule has 3 aliphatic heterocycles. The van der Waals surface area contributed by atoms with Gasteiger partial charge in [0.2, 0.25) is 11.8 Å². The van der Waals surface area contributed by atoms with Crippen LogP contribution in [0.1, 0.15) is 36.2 Å². The van der Waals surface area contributed by atoms with Crippen molar-refractivity contribution in [2.24, 2.45) is 0 Å². The van der Waals surface area contributed by atoms with E-state index >= 15 is 0 Å². The lowest BCUT2D eigenvalue weighted by atomic mass is 9.96. The molecule has 8 heteroatoms. The molecule has 0 atom stereocenters. The summed E-state index contributed by atoms with van der Waals surface area (Å²) in [5, 5.41) is 14.6. The van der Waals surface area contributed by atoms with E-state index < -0.39 is 0 Å². The lowest BCUT2D eigenvalue weighted by Gasteiger charge is -2.33. The van der Waals surface area contributed by atoms with Crippen LogP contribution in [0.2, 0.25) is 0 Å². The number of amides is 1. The van der Waals surface area contributed by atoms with Gasteiger partial charge in [0.05, 0.1) is 25.8 Å². The maximum Gasteiger partial charge on any atom is 0.219 e. The van der Waals surface area contributed by atoms with Crippen LogP contribution in [0, 0.1) is 0 Å². The summed E-state index contributed by atoms with van der Waals surface area (Å²) in [6, 6.07) is 10.3. The zero-order valence-electron chi connectivity index (χ0n) is 18.7. The molecule has 3 aliphatic rings. The summed E-state index contributed by atoms with van der Waals surface area (Å²) in [6.07, 6.45) is 4.57. The number of hydrogen-bond acceptors (Lipinski definition) is 6. The van der Waals surface area contributed by atoms with Gasteiger partial charge in [-0.25, -0.2) is 4.98 Å². The number of benzene rings is 1. The van der Waals surface area contributed by atoms with Gasteiger partial charge in [-0.15, -0.1) is 0 Å². The number of hydrogen-bond donors (Lipinski definition) is 1. The van der Waals surface area contributed by atoms with E-state index in [1.54, 1.807) is 19.2 Å². The predicted molar refractivity (Wildman–Crippen MR) is 124 cm³/mol. The first kappa shape index (κ1) is 20.2. The number of carbonyl (C=O) groups excluding carboxylic acids is 1. The molecular formula is C25H27N5O3. The minimum Gasteiger partial charge on any atom is -0.493 e. The Hall–Kier alpha value is -3.39. The fraction of sp³-hybridized carbons (Fsp3) is 0.400. The Morgan fingerprint density at radius 2 is 1.97 bits per heavy atom. The fourth-order valence-electron chi connectivity index (χ4n) is 5.13. The van der Waals surface area contributed by atoms with Gasteiger partial charge in [0.25, 0.3) is 0 Å². The van der Waals surface area contributed by atoms with Gasteiger partial charge < -0.3 is 19.6 Å². The third kappa shape index (κ3) is 3.45. The Balaban J connectivity index is 1.40. The summed E-state index contributed by atoms with van der Waals surface area (Å²) >= 11 is 0. The highest BCUT2D eigenvalue weighted by molar-refractivity contribution is 5.76. The molecule has 6 rings (SSSR count). The van der Waals surface area contributed by atoms with E-state index in [0.29, 0.717) is 19.8 Å². The molecule has 0 spiro atoms. The summed E-state index contributed by atoms with van der Waals surface area (Å²) in [4.78, 5) is 20.4. The van der Waals surface area contributed by atoms with Crippen LogP contribution in [0.5, 0.6) is 5.88 Å². The van der Waals surface area contributed by atoms with E-state index in [2.05, 4.69) is 32.8 Å². The van der Waals surface area contributed by atoms with Gasteiger partial charge in [0, 0.05) is 61.2 Å². The van der Waals surface area contributed by atoms with E-state index in [-0.39, 0.29) is 17.8 Å². The first-order chi connectivity index (χ1) is 16.1. The van der Waals surface area contributed by atoms with Crippen molar-refractivity contribution >= 4 is 17.4 Å². The molecule has 0 unspecified atom stereocenters. The second-order valence-electron chi connectivity index (χ2n) is 9.08. The maximum absolute atomic E-state index is 12.1. The van der Waals surface area contributed by atoms with Gasteiger partial charge in [0.1, 0.15) is 0 Å². The van der Waals surface area contributed by atoms with Crippen LogP contribution in [0.4, 0.5) is 11.5 Å². The van der Waals surface area contributed by atoms with Gasteiger partial charge in [-0.05, 0) is 42.2 Å². The van der Waals surface area contributed by atoms with Gasteiger partial charge in [-0.3, -0.25) is 9.48 Å². The third-order valence-corrected chi connectivity index (χ3v) is 7.01. The Morgan fingerprint density at radius 1 is 1.12 bits per heavy atom. The van der Waals surface area contributed by atoms with Crippen LogP contribution in [0.3, 0.4) is 0 Å². The van der Waals surface area contributed by atoms with Gasteiger partial charge >= 0.3 is 0 Å². The zero-order chi connectivity index (χ0) is 22.5. The molecule has 1 N–H and O–H groups in total. The number of anilines is 2. The molecule has 33 heavy (non-hydrogen) atoms. The third-order valence-electron chi connectivity index (χ3n) is 7.01. The number of carbonyl (C=O) groups is 1. The molecule has 0 aliphatic carbocycles. The van der Waals surface area contributed by atoms with Crippen molar-refractivity contribution in [2.45, 2.75) is 38.8 Å². The lowest BCUT2D eigenvalue weighted by molar-refractivity contribution is -0.129. The van der Waals surface area contributed by atoms with E-state index in [1.807, 2.05) is 11.0 Å². The second kappa shape index (κ2) is 7.88. The van der Waals surface area contributed by atoms with Crippen molar-refractivity contribution in [1.29, 1.82) is 0 Å². The molecule has 1 aromatic carbocycles. The number of pyridine rings is 1. The summed E-state index contributed by atoms with van der Waals surface area (Å²) in [5.41, 5.74) is 6.94. The smallest absolute Gasteiger partial charge is 0.219 e. The summed E-state index contributed by atoms with van der Waals surface area (Å²) in [5.74, 6) is 1.11. The average Bonchev–Trinajstić information content (AvgIpc) is 3.16. The second-order valence-corrected chi connectivity index (χ2v) is 9.08. The van der Waals surface area contributed by atoms with E-state index in [1.165, 1.54) is 22.5 Å². The molecule has 1 fully saturated rings. The molecule has 5 heterocycles. The fourth-order valence-corrected chi connectivity index (χ4v) is 5.13. The molecule has 8 nitrogen and oxygen atoms in total. The number of nitrogens with zero attached hydrogens (tertiary/aromatic N) is 5. The van der Waals surface area contributed by atoms with Gasteiger partial charge in [-0.1, -0.05) is 6.07 Å².